The lowest BCUT2D eigenvalue weighted by molar-refractivity contribution is -0.486. The van der Waals surface area contributed by atoms with Gasteiger partial charge >= 0.3 is 0 Å². The molecule has 388 valence electrons. The van der Waals surface area contributed by atoms with Gasteiger partial charge in [0.1, 0.15) is 23.7 Å². The summed E-state index contributed by atoms with van der Waals surface area (Å²) in [4.78, 5) is 59.8. The van der Waals surface area contributed by atoms with Crippen molar-refractivity contribution in [1.29, 1.82) is 0 Å². The van der Waals surface area contributed by atoms with Gasteiger partial charge in [-0.2, -0.15) is 0 Å². The van der Waals surface area contributed by atoms with Gasteiger partial charge in [0.05, 0.1) is 27.3 Å². The first-order chi connectivity index (χ1) is 31.1. The topological polar surface area (TPSA) is 275 Å². The van der Waals surface area contributed by atoms with Crippen molar-refractivity contribution >= 4 is 40.4 Å². The van der Waals surface area contributed by atoms with E-state index in [-0.39, 0.29) is 11.0 Å². The maximum absolute atomic E-state index is 10.3. The van der Waals surface area contributed by atoms with Crippen LogP contribution in [0.15, 0.2) is 37.2 Å². The molecule has 3 aliphatic heterocycles. The Balaban J connectivity index is -0.000000738. The van der Waals surface area contributed by atoms with Crippen molar-refractivity contribution in [1.82, 2.24) is 34.7 Å². The molecule has 0 amide bonds. The molecule has 0 atom stereocenters. The maximum atomic E-state index is 10.3. The second-order valence-corrected chi connectivity index (χ2v) is 17.5. The third kappa shape index (κ3) is 30.5. The first-order valence-corrected chi connectivity index (χ1v) is 23.4. The molecule has 0 unspecified atom stereocenters. The van der Waals surface area contributed by atoms with Crippen LogP contribution in [-0.4, -0.2) is 183 Å². The van der Waals surface area contributed by atoms with Crippen molar-refractivity contribution in [3.8, 4) is 0 Å². The number of aliphatic imine (C=N–C) groups is 2. The molecule has 0 spiro atoms. The Labute approximate surface area is 403 Å². The number of likely N-dealkylation sites (N-methyl/N-ethyl adjacent to an activating group) is 1. The molecule has 3 rings (SSSR count). The van der Waals surface area contributed by atoms with Crippen molar-refractivity contribution in [2.24, 2.45) is 31.2 Å². The van der Waals surface area contributed by atoms with E-state index < -0.39 is 15.1 Å². The molecule has 3 saturated heterocycles. The van der Waals surface area contributed by atoms with Crippen LogP contribution in [0.5, 0.6) is 0 Å². The standard InChI is InChI=1S/C9H18N2O2.C7H14N4O3.C7H14N2O2.C7H14N2S.C7H16N2.C4H8N4O2/c1-5-9(7-11(12)13)10(6-2)8(3)4;1-6(2)10-5-14-4-9(3)7(10)8-11(12)13;1-4-7(5-6(2)3)8-9(10)11;1-6(2)9-4-5-10-7(9)8-3;1-6(2)9(5)7(3)8-4;1-7-3-2-5-4(7)6-8(9)10/h7-8H,5-6H2,1-4H3;6H,4-5H2,1-3H3;6H,4-5H2,1-3H3;6H,4-5H2,1-3H3;6H,1-5H3;2-3H2,1H3,(H,5,6)/b9-7+;2*8-7+;;;. The highest BCUT2D eigenvalue weighted by Crippen LogP contribution is 2.19. The van der Waals surface area contributed by atoms with Gasteiger partial charge in [-0.1, -0.05) is 39.5 Å². The first kappa shape index (κ1) is 65.9. The van der Waals surface area contributed by atoms with Gasteiger partial charge in [0.2, 0.25) is 0 Å². The van der Waals surface area contributed by atoms with E-state index in [0.717, 1.165) is 50.3 Å². The smallest absolute Gasteiger partial charge is 0.277 e. The van der Waals surface area contributed by atoms with E-state index >= 15 is 0 Å². The molecule has 67 heavy (non-hydrogen) atoms. The number of hydrogen-bond donors (Lipinski definition) is 1. The van der Waals surface area contributed by atoms with E-state index in [4.69, 9.17) is 4.74 Å². The molecule has 1 N–H and O–H groups in total. The molecule has 0 saturated carbocycles. The summed E-state index contributed by atoms with van der Waals surface area (Å²) in [6.07, 6.45) is 3.19. The summed E-state index contributed by atoms with van der Waals surface area (Å²) in [6, 6.07) is 1.59. The van der Waals surface area contributed by atoms with Crippen molar-refractivity contribution in [2.45, 2.75) is 140 Å². The predicted octanol–water partition coefficient (Wildman–Crippen LogP) is 6.31. The molecule has 26 heteroatoms. The zero-order valence-electron chi connectivity index (χ0n) is 43.8. The van der Waals surface area contributed by atoms with Crippen LogP contribution in [0, 0.1) is 46.4 Å². The number of nitrogens with one attached hydrogen (secondary N) is 1. The fraction of sp³-hybridized carbons (Fsp3) is 0.829. The monoisotopic (exact) mass is 977 g/mol. The largest absolute Gasteiger partial charge is 0.368 e. The number of nitro groups is 4. The van der Waals surface area contributed by atoms with E-state index in [0.29, 0.717) is 68.0 Å². The van der Waals surface area contributed by atoms with Gasteiger partial charge in [-0.05, 0) is 94.4 Å². The Morgan fingerprint density at radius 2 is 1.37 bits per heavy atom. The minimum atomic E-state index is -0.704. The lowest BCUT2D eigenvalue weighted by atomic mass is 10.1. The van der Waals surface area contributed by atoms with E-state index in [1.165, 1.54) is 10.9 Å². The summed E-state index contributed by atoms with van der Waals surface area (Å²) in [5.74, 6) is 3.41. The predicted molar refractivity (Wildman–Crippen MR) is 272 cm³/mol. The van der Waals surface area contributed by atoms with Crippen LogP contribution >= 0.6 is 11.8 Å². The molecule has 0 radical (unpaired) electrons. The zero-order valence-corrected chi connectivity index (χ0v) is 44.6. The summed E-state index contributed by atoms with van der Waals surface area (Å²) >= 11 is 1.85. The number of nitrogens with zero attached hydrogens (tertiary/aromatic N) is 15. The summed E-state index contributed by atoms with van der Waals surface area (Å²) < 4.78 is 5.22. The molecule has 25 nitrogen and oxygen atoms in total. The zero-order chi connectivity index (χ0) is 52.6. The second-order valence-electron chi connectivity index (χ2n) is 16.5. The van der Waals surface area contributed by atoms with Crippen LogP contribution in [0.3, 0.4) is 0 Å². The Morgan fingerprint density at radius 3 is 1.70 bits per heavy atom. The lowest BCUT2D eigenvalue weighted by Gasteiger charge is -2.37. The average molecular weight is 977 g/mol. The fourth-order valence-electron chi connectivity index (χ4n) is 5.81. The number of amidine groups is 2. The van der Waals surface area contributed by atoms with Gasteiger partial charge in [-0.3, -0.25) is 20.1 Å². The quantitative estimate of drug-likeness (QED) is 0.0863. The van der Waals surface area contributed by atoms with Gasteiger partial charge in [-0.15, -0.1) is 0 Å². The SMILES string of the molecule is CC(C)N1COCN(C)/C1=N\[N+](=O)[O-].CC/C(=C\[N+](=O)[O-])N(CC)C(C)C.CC/C(CC(C)C)=N\[N+](=O)[O-].CN1CCN/C1=N\[N+](=O)[O-].CN=C(C)N(C)C(C)C.CN=C1SCCN1C(C)C. The van der Waals surface area contributed by atoms with Crippen LogP contribution in [0.2, 0.25) is 0 Å². The van der Waals surface area contributed by atoms with Crippen molar-refractivity contribution in [2.75, 3.05) is 80.6 Å². The Kier molecular flexibility index (Phi) is 36.1. The number of hydrogen-bond acceptors (Lipinski definition) is 13. The van der Waals surface area contributed by atoms with Gasteiger partial charge in [0.25, 0.3) is 18.1 Å². The molecular weight excluding hydrogens is 893 g/mol. The molecule has 3 aliphatic rings. The summed E-state index contributed by atoms with van der Waals surface area (Å²) in [6.45, 7) is 32.6. The van der Waals surface area contributed by atoms with Crippen molar-refractivity contribution < 1.29 is 24.8 Å². The number of guanidine groups is 2. The van der Waals surface area contributed by atoms with E-state index in [2.05, 4.69) is 68.1 Å². The normalized spacial score (nSPS) is 17.0. The molecule has 0 aliphatic carbocycles. The molecular formula is C41H84N16O9S. The van der Waals surface area contributed by atoms with Crippen LogP contribution in [0.4, 0.5) is 0 Å². The number of thioether (sulfide) groups is 1. The third-order valence-electron chi connectivity index (χ3n) is 9.63. The summed E-state index contributed by atoms with van der Waals surface area (Å²) in [7, 11) is 9.18. The Bertz CT molecular complexity index is 1660. The van der Waals surface area contributed by atoms with Gasteiger partial charge < -0.3 is 39.5 Å². The summed E-state index contributed by atoms with van der Waals surface area (Å²) in [5.41, 5.74) is 1.47. The highest BCUT2D eigenvalue weighted by atomic mass is 32.2. The fourth-order valence-corrected chi connectivity index (χ4v) is 6.88. The molecule has 0 aromatic carbocycles. The molecule has 3 fully saturated rings. The Morgan fingerprint density at radius 1 is 0.806 bits per heavy atom. The van der Waals surface area contributed by atoms with Crippen molar-refractivity contribution in [3.63, 3.8) is 0 Å². The van der Waals surface area contributed by atoms with Crippen LogP contribution in [0.25, 0.3) is 0 Å². The number of allylic oxidation sites excluding steroid dienone is 1. The molecule has 0 aromatic rings. The minimum absolute atomic E-state index is 0.122. The highest BCUT2D eigenvalue weighted by Gasteiger charge is 2.27. The van der Waals surface area contributed by atoms with Crippen molar-refractivity contribution in [3.05, 3.63) is 52.4 Å². The average Bonchev–Trinajstić information content (AvgIpc) is 3.89. The van der Waals surface area contributed by atoms with E-state index in [1.807, 2.05) is 107 Å². The lowest BCUT2D eigenvalue weighted by Crippen LogP contribution is -2.52. The first-order valence-electron chi connectivity index (χ1n) is 22.5. The highest BCUT2D eigenvalue weighted by molar-refractivity contribution is 8.14. The molecule has 0 bridgehead atoms. The van der Waals surface area contributed by atoms with Crippen LogP contribution < -0.4 is 5.32 Å². The Hall–Kier alpha value is -5.40. The van der Waals surface area contributed by atoms with Gasteiger partial charge in [0.15, 0.2) is 20.3 Å². The minimum Gasteiger partial charge on any atom is -0.368 e. The van der Waals surface area contributed by atoms with Crippen LogP contribution in [-0.2, 0) is 4.74 Å². The summed E-state index contributed by atoms with van der Waals surface area (Å²) in [5, 5.41) is 52.1. The van der Waals surface area contributed by atoms with Crippen LogP contribution in [0.1, 0.15) is 116 Å². The molecule has 3 heterocycles. The number of rotatable bonds is 14. The second kappa shape index (κ2) is 36.7. The van der Waals surface area contributed by atoms with E-state index in [9.17, 15) is 40.5 Å². The number of hydrazone groups is 3. The van der Waals surface area contributed by atoms with Gasteiger partial charge in [0, 0.05) is 91.3 Å². The number of ether oxygens (including phenoxy) is 1. The third-order valence-corrected chi connectivity index (χ3v) is 10.7. The maximum Gasteiger partial charge on any atom is 0.277 e. The van der Waals surface area contributed by atoms with E-state index in [1.54, 1.807) is 28.8 Å². The van der Waals surface area contributed by atoms with Gasteiger partial charge in [-0.25, -0.2) is 30.3 Å². The molecule has 0 aromatic heterocycles.